The van der Waals surface area contributed by atoms with Crippen LogP contribution in [-0.4, -0.2) is 19.3 Å². The third-order valence-electron chi connectivity index (χ3n) is 11.3. The Morgan fingerprint density at radius 1 is 0.849 bits per heavy atom. The molecule has 0 aliphatic heterocycles. The van der Waals surface area contributed by atoms with Gasteiger partial charge in [0.25, 0.3) is 0 Å². The third-order valence-corrected chi connectivity index (χ3v) is 11.3. The number of fused-ring (bicyclic) bond motifs is 3. The molecule has 3 atom stereocenters. The van der Waals surface area contributed by atoms with Gasteiger partial charge in [-0.2, -0.15) is 5.10 Å². The number of hydrogen-bond donors (Lipinski definition) is 0. The summed E-state index contributed by atoms with van der Waals surface area (Å²) in [6, 6.07) is 26.2. The number of hydrogen-bond acceptors (Lipinski definition) is 3. The molecule has 0 fully saturated rings. The monoisotopic (exact) mass is 706 g/mol. The van der Waals surface area contributed by atoms with Crippen LogP contribution in [0.15, 0.2) is 90.6 Å². The van der Waals surface area contributed by atoms with Crippen LogP contribution in [0.2, 0.25) is 0 Å². The van der Waals surface area contributed by atoms with Crippen molar-refractivity contribution in [3.05, 3.63) is 119 Å². The summed E-state index contributed by atoms with van der Waals surface area (Å²) < 4.78 is 11.5. The van der Waals surface area contributed by atoms with Gasteiger partial charge in [0.05, 0.1) is 22.4 Å². The van der Waals surface area contributed by atoms with Crippen LogP contribution in [0, 0.1) is 11.8 Å². The minimum Gasteiger partial charge on any atom is -0.457 e. The van der Waals surface area contributed by atoms with Crippen molar-refractivity contribution in [2.24, 2.45) is 11.8 Å². The molecule has 6 aromatic rings. The van der Waals surface area contributed by atoms with Gasteiger partial charge in [-0.25, -0.2) is 9.67 Å². The largest absolute Gasteiger partial charge is 0.457 e. The Kier molecular flexibility index (Phi) is 10.1. The van der Waals surface area contributed by atoms with Crippen LogP contribution in [0.25, 0.3) is 33.3 Å². The van der Waals surface area contributed by atoms with Gasteiger partial charge in [0, 0.05) is 46.3 Å². The number of benzene rings is 3. The van der Waals surface area contributed by atoms with E-state index >= 15 is 0 Å². The molecule has 0 saturated carbocycles. The molecule has 1 unspecified atom stereocenters. The van der Waals surface area contributed by atoms with Crippen molar-refractivity contribution in [3.8, 4) is 23.0 Å². The van der Waals surface area contributed by atoms with E-state index in [1.165, 1.54) is 50.8 Å². The van der Waals surface area contributed by atoms with E-state index in [0.29, 0.717) is 23.7 Å². The normalized spacial score (nSPS) is 17.9. The second-order valence-corrected chi connectivity index (χ2v) is 17.0. The second-order valence-electron chi connectivity index (χ2n) is 17.0. The van der Waals surface area contributed by atoms with Crippen molar-refractivity contribution in [1.29, 1.82) is 0 Å². The predicted molar refractivity (Wildman–Crippen MR) is 222 cm³/mol. The minimum absolute atomic E-state index is 0.0852. The van der Waals surface area contributed by atoms with E-state index in [4.69, 9.17) is 14.8 Å². The second kappa shape index (κ2) is 14.6. The van der Waals surface area contributed by atoms with Gasteiger partial charge >= 0.3 is 0 Å². The molecule has 276 valence electrons. The highest BCUT2D eigenvalue weighted by Gasteiger charge is 2.33. The average Bonchev–Trinajstić information content (AvgIpc) is 3.62. The minimum atomic E-state index is -0.0852. The van der Waals surface area contributed by atoms with Crippen molar-refractivity contribution in [3.63, 3.8) is 0 Å². The maximum Gasteiger partial charge on any atom is 0.137 e. The number of para-hydroxylation sites is 1. The summed E-state index contributed by atoms with van der Waals surface area (Å²) in [5, 5.41) is 7.86. The Labute approximate surface area is 317 Å². The Balaban J connectivity index is 1.37. The summed E-state index contributed by atoms with van der Waals surface area (Å²) >= 11 is 0. The first kappa shape index (κ1) is 36.7. The maximum absolute atomic E-state index is 6.90. The molecule has 5 nitrogen and oxygen atoms in total. The van der Waals surface area contributed by atoms with Crippen LogP contribution in [0.3, 0.4) is 0 Å². The summed E-state index contributed by atoms with van der Waals surface area (Å²) in [5.74, 6) is 4.54. The SMILES string of the molecule is CCCc1nn(-c2cc(Oc3ccc4c5ccccc5n(-c5cc(C(C)C)ccn5)c4c3)cc(C(C)(C)C)c2)c(CCC)c1C1C(C)=C[C@H](C)C[C@@H]1C. The standard InChI is InChI=1S/C48H58N4O/c1-11-15-41-47(46-32(6)23-31(5)24-33(46)7)43(16-12-2)52(50-41)36-26-35(48(8,9)10)27-38(28-36)53-37-19-20-40-39-17-13-14-18-42(39)51(44(40)29-37)45-25-34(30(3)4)21-22-49-45/h13-14,17-23,25-31,33,46H,11-12,15-16,24H2,1-10H3/t31-,33-,46?/m0/s1. The number of ether oxygens (including phenoxy) is 1. The molecule has 5 heteroatoms. The summed E-state index contributed by atoms with van der Waals surface area (Å²) in [4.78, 5) is 4.86. The zero-order chi connectivity index (χ0) is 37.6. The van der Waals surface area contributed by atoms with E-state index in [0.717, 1.165) is 59.7 Å². The molecule has 0 radical (unpaired) electrons. The molecular weight excluding hydrogens is 649 g/mol. The van der Waals surface area contributed by atoms with Gasteiger partial charge in [-0.3, -0.25) is 4.57 Å². The van der Waals surface area contributed by atoms with Crippen molar-refractivity contribution < 1.29 is 4.74 Å². The van der Waals surface area contributed by atoms with Crippen molar-refractivity contribution in [1.82, 2.24) is 19.3 Å². The zero-order valence-electron chi connectivity index (χ0n) is 33.6. The number of pyridine rings is 1. The molecule has 0 spiro atoms. The van der Waals surface area contributed by atoms with Crippen LogP contribution in [0.4, 0.5) is 0 Å². The first-order chi connectivity index (χ1) is 25.4. The average molecular weight is 707 g/mol. The van der Waals surface area contributed by atoms with Crippen molar-refractivity contribution in [2.45, 2.75) is 119 Å². The molecule has 3 heterocycles. The van der Waals surface area contributed by atoms with Gasteiger partial charge in [-0.05, 0) is 103 Å². The lowest BCUT2D eigenvalue weighted by atomic mass is 9.72. The highest BCUT2D eigenvalue weighted by atomic mass is 16.5. The predicted octanol–water partition coefficient (Wildman–Crippen LogP) is 13.2. The summed E-state index contributed by atoms with van der Waals surface area (Å²) in [5.41, 5.74) is 11.3. The maximum atomic E-state index is 6.90. The highest BCUT2D eigenvalue weighted by molar-refractivity contribution is 6.09. The first-order valence-corrected chi connectivity index (χ1v) is 20.0. The van der Waals surface area contributed by atoms with Gasteiger partial charge in [0.1, 0.15) is 17.3 Å². The lowest BCUT2D eigenvalue weighted by Gasteiger charge is -2.33. The molecule has 3 aromatic carbocycles. The number of allylic oxidation sites excluding steroid dienone is 2. The van der Waals surface area contributed by atoms with Crippen LogP contribution in [0.1, 0.15) is 128 Å². The van der Waals surface area contributed by atoms with Gasteiger partial charge in [-0.15, -0.1) is 0 Å². The van der Waals surface area contributed by atoms with Crippen LogP contribution >= 0.6 is 0 Å². The Morgan fingerprint density at radius 3 is 2.32 bits per heavy atom. The zero-order valence-corrected chi connectivity index (χ0v) is 33.6. The number of aromatic nitrogens is 4. The molecule has 0 N–H and O–H groups in total. The molecule has 0 bridgehead atoms. The summed E-state index contributed by atoms with van der Waals surface area (Å²) in [6.07, 6.45) is 9.76. The Hall–Kier alpha value is -4.64. The fourth-order valence-electron chi connectivity index (χ4n) is 8.80. The van der Waals surface area contributed by atoms with Gasteiger partial charge in [0.15, 0.2) is 0 Å². The van der Waals surface area contributed by atoms with E-state index in [2.05, 4.69) is 157 Å². The number of aryl methyl sites for hydroxylation is 1. The third kappa shape index (κ3) is 7.07. The highest BCUT2D eigenvalue weighted by Crippen LogP contribution is 2.44. The molecule has 1 aliphatic carbocycles. The van der Waals surface area contributed by atoms with Crippen LogP contribution in [-0.2, 0) is 18.3 Å². The molecule has 1 aliphatic rings. The van der Waals surface area contributed by atoms with Crippen LogP contribution < -0.4 is 4.74 Å². The van der Waals surface area contributed by atoms with E-state index in [1.807, 2.05) is 6.20 Å². The van der Waals surface area contributed by atoms with Gasteiger partial charge in [-0.1, -0.05) is 105 Å². The Morgan fingerprint density at radius 2 is 1.60 bits per heavy atom. The lowest BCUT2D eigenvalue weighted by Crippen LogP contribution is -2.21. The first-order valence-electron chi connectivity index (χ1n) is 20.0. The molecule has 3 aromatic heterocycles. The summed E-state index contributed by atoms with van der Waals surface area (Å²) in [6.45, 7) is 23.0. The number of nitrogens with zero attached hydrogens (tertiary/aromatic N) is 4. The van der Waals surface area contributed by atoms with Crippen LogP contribution in [0.5, 0.6) is 11.5 Å². The number of rotatable bonds is 10. The Bertz CT molecular complexity index is 2290. The van der Waals surface area contributed by atoms with E-state index in [9.17, 15) is 0 Å². The van der Waals surface area contributed by atoms with E-state index < -0.39 is 0 Å². The van der Waals surface area contributed by atoms with E-state index in [-0.39, 0.29) is 5.41 Å². The van der Waals surface area contributed by atoms with Gasteiger partial charge < -0.3 is 4.74 Å². The van der Waals surface area contributed by atoms with E-state index in [1.54, 1.807) is 0 Å². The molecule has 7 rings (SSSR count). The van der Waals surface area contributed by atoms with Gasteiger partial charge in [0.2, 0.25) is 0 Å². The smallest absolute Gasteiger partial charge is 0.137 e. The fourth-order valence-corrected chi connectivity index (χ4v) is 8.80. The lowest BCUT2D eigenvalue weighted by molar-refractivity contribution is 0.389. The quantitative estimate of drug-likeness (QED) is 0.133. The molecular formula is C48H58N4O. The molecule has 0 saturated heterocycles. The van der Waals surface area contributed by atoms with Crippen molar-refractivity contribution >= 4 is 21.8 Å². The fraction of sp³-hybridized carbons (Fsp3) is 0.417. The molecule has 0 amide bonds. The van der Waals surface area contributed by atoms with Crippen molar-refractivity contribution in [2.75, 3.05) is 0 Å². The topological polar surface area (TPSA) is 44.9 Å². The summed E-state index contributed by atoms with van der Waals surface area (Å²) in [7, 11) is 0. The molecule has 53 heavy (non-hydrogen) atoms.